The quantitative estimate of drug-likeness (QED) is 0.773. The summed E-state index contributed by atoms with van der Waals surface area (Å²) in [4.78, 5) is 14.1. The van der Waals surface area contributed by atoms with Crippen molar-refractivity contribution in [3.05, 3.63) is 0 Å². The Kier molecular flexibility index (Phi) is 5.41. The zero-order valence-electron chi connectivity index (χ0n) is 11.2. The second-order valence-electron chi connectivity index (χ2n) is 4.97. The molecule has 2 aliphatic rings. The highest BCUT2D eigenvalue weighted by Crippen LogP contribution is 2.14. The van der Waals surface area contributed by atoms with Gasteiger partial charge in [0.1, 0.15) is 0 Å². The molecule has 5 heteroatoms. The van der Waals surface area contributed by atoms with Gasteiger partial charge in [-0.1, -0.05) is 0 Å². The molecule has 0 bridgehead atoms. The van der Waals surface area contributed by atoms with Gasteiger partial charge in [0.05, 0.1) is 25.2 Å². The van der Waals surface area contributed by atoms with Crippen molar-refractivity contribution in [2.24, 2.45) is 0 Å². The minimum absolute atomic E-state index is 0.0322. The number of amides is 1. The third-order valence-corrected chi connectivity index (χ3v) is 3.59. The van der Waals surface area contributed by atoms with Crippen molar-refractivity contribution in [2.75, 3.05) is 39.4 Å². The Labute approximate surface area is 109 Å². The fourth-order valence-corrected chi connectivity index (χ4v) is 2.52. The number of carbonyl (C=O) groups excluding carboxylic acids is 1. The smallest absolute Gasteiger partial charge is 0.225 e. The van der Waals surface area contributed by atoms with Crippen molar-refractivity contribution in [1.82, 2.24) is 10.2 Å². The molecule has 0 aromatic rings. The minimum atomic E-state index is 0.0322. The molecule has 2 rings (SSSR count). The standard InChI is InChI=1S/C13H24N2O3/c1-2-15(10-11-4-3-6-17-11)13(16)8-12-9-14-5-7-18-12/h11-12,14H,2-10H2,1H3. The molecule has 0 aromatic carbocycles. The van der Waals surface area contributed by atoms with Crippen LogP contribution in [0.2, 0.25) is 0 Å². The van der Waals surface area contributed by atoms with Crippen molar-refractivity contribution < 1.29 is 14.3 Å². The third-order valence-electron chi connectivity index (χ3n) is 3.59. The summed E-state index contributed by atoms with van der Waals surface area (Å²) in [6, 6.07) is 0. The highest BCUT2D eigenvalue weighted by molar-refractivity contribution is 5.76. The van der Waals surface area contributed by atoms with Crippen LogP contribution >= 0.6 is 0 Å². The zero-order chi connectivity index (χ0) is 12.8. The average Bonchev–Trinajstić information content (AvgIpc) is 2.90. The third kappa shape index (κ3) is 3.93. The molecule has 1 amide bonds. The highest BCUT2D eigenvalue weighted by atomic mass is 16.5. The molecule has 1 N–H and O–H groups in total. The van der Waals surface area contributed by atoms with Gasteiger partial charge in [-0.15, -0.1) is 0 Å². The van der Waals surface area contributed by atoms with Crippen LogP contribution in [0.15, 0.2) is 0 Å². The van der Waals surface area contributed by atoms with Crippen molar-refractivity contribution in [1.29, 1.82) is 0 Å². The first-order chi connectivity index (χ1) is 8.79. The number of nitrogens with zero attached hydrogens (tertiary/aromatic N) is 1. The molecule has 0 aromatic heterocycles. The molecule has 2 heterocycles. The second-order valence-corrected chi connectivity index (χ2v) is 4.97. The van der Waals surface area contributed by atoms with Gasteiger partial charge in [0.15, 0.2) is 0 Å². The van der Waals surface area contributed by atoms with Crippen LogP contribution in [-0.2, 0) is 14.3 Å². The number of carbonyl (C=O) groups is 1. The molecule has 5 nitrogen and oxygen atoms in total. The molecule has 0 spiro atoms. The van der Waals surface area contributed by atoms with Gasteiger partial charge in [-0.3, -0.25) is 4.79 Å². The summed E-state index contributed by atoms with van der Waals surface area (Å²) >= 11 is 0. The second kappa shape index (κ2) is 7.07. The Morgan fingerprint density at radius 1 is 1.33 bits per heavy atom. The summed E-state index contributed by atoms with van der Waals surface area (Å²) in [6.07, 6.45) is 2.94. The largest absolute Gasteiger partial charge is 0.376 e. The van der Waals surface area contributed by atoms with Crippen molar-refractivity contribution in [3.8, 4) is 0 Å². The summed E-state index contributed by atoms with van der Waals surface area (Å²) < 4.78 is 11.2. The molecule has 104 valence electrons. The van der Waals surface area contributed by atoms with Crippen LogP contribution in [0.3, 0.4) is 0 Å². The predicted molar refractivity (Wildman–Crippen MR) is 68.5 cm³/mol. The molecule has 2 saturated heterocycles. The molecule has 2 aliphatic heterocycles. The molecular formula is C13H24N2O3. The van der Waals surface area contributed by atoms with Crippen LogP contribution in [0.25, 0.3) is 0 Å². The maximum Gasteiger partial charge on any atom is 0.225 e. The number of rotatable bonds is 5. The monoisotopic (exact) mass is 256 g/mol. The Morgan fingerprint density at radius 3 is 2.78 bits per heavy atom. The lowest BCUT2D eigenvalue weighted by molar-refractivity contribution is -0.136. The van der Waals surface area contributed by atoms with E-state index in [2.05, 4.69) is 5.32 Å². The maximum atomic E-state index is 12.2. The van der Waals surface area contributed by atoms with Crippen LogP contribution in [-0.4, -0.2) is 62.4 Å². The van der Waals surface area contributed by atoms with E-state index in [1.165, 1.54) is 0 Å². The van der Waals surface area contributed by atoms with Gasteiger partial charge in [-0.05, 0) is 19.8 Å². The lowest BCUT2D eigenvalue weighted by Gasteiger charge is -2.28. The van der Waals surface area contributed by atoms with Gasteiger partial charge in [0.2, 0.25) is 5.91 Å². The first-order valence-corrected chi connectivity index (χ1v) is 7.01. The van der Waals surface area contributed by atoms with Gasteiger partial charge < -0.3 is 19.7 Å². The number of hydrogen-bond acceptors (Lipinski definition) is 4. The predicted octanol–water partition coefficient (Wildman–Crippen LogP) is 0.392. The number of hydrogen-bond donors (Lipinski definition) is 1. The highest BCUT2D eigenvalue weighted by Gasteiger charge is 2.24. The number of likely N-dealkylation sites (N-methyl/N-ethyl adjacent to an activating group) is 1. The van der Waals surface area contributed by atoms with Gasteiger partial charge in [0.25, 0.3) is 0 Å². The van der Waals surface area contributed by atoms with Crippen LogP contribution < -0.4 is 5.32 Å². The Bertz CT molecular complexity index is 261. The normalized spacial score (nSPS) is 28.3. The van der Waals surface area contributed by atoms with Crippen LogP contribution in [0.5, 0.6) is 0 Å². The first-order valence-electron chi connectivity index (χ1n) is 7.01. The number of morpholine rings is 1. The van der Waals surface area contributed by atoms with E-state index >= 15 is 0 Å². The van der Waals surface area contributed by atoms with Crippen LogP contribution in [0.4, 0.5) is 0 Å². The van der Waals surface area contributed by atoms with Gasteiger partial charge in [0, 0.05) is 32.8 Å². The summed E-state index contributed by atoms with van der Waals surface area (Å²) in [5.41, 5.74) is 0. The lowest BCUT2D eigenvalue weighted by Crippen LogP contribution is -2.44. The van der Waals surface area contributed by atoms with E-state index in [1.807, 2.05) is 11.8 Å². The Hall–Kier alpha value is -0.650. The van der Waals surface area contributed by atoms with E-state index in [1.54, 1.807) is 0 Å². The molecule has 0 radical (unpaired) electrons. The lowest BCUT2D eigenvalue weighted by atomic mass is 10.2. The van der Waals surface area contributed by atoms with E-state index in [0.29, 0.717) is 13.0 Å². The Morgan fingerprint density at radius 2 is 2.17 bits per heavy atom. The molecule has 18 heavy (non-hydrogen) atoms. The number of nitrogens with one attached hydrogen (secondary N) is 1. The van der Waals surface area contributed by atoms with E-state index in [9.17, 15) is 4.79 Å². The molecule has 0 saturated carbocycles. The van der Waals surface area contributed by atoms with E-state index in [0.717, 1.165) is 45.6 Å². The first kappa shape index (κ1) is 13.8. The fraction of sp³-hybridized carbons (Fsp3) is 0.923. The topological polar surface area (TPSA) is 50.8 Å². The van der Waals surface area contributed by atoms with Crippen molar-refractivity contribution in [3.63, 3.8) is 0 Å². The van der Waals surface area contributed by atoms with Crippen LogP contribution in [0, 0.1) is 0 Å². The van der Waals surface area contributed by atoms with Gasteiger partial charge >= 0.3 is 0 Å². The van der Waals surface area contributed by atoms with Gasteiger partial charge in [-0.25, -0.2) is 0 Å². The van der Waals surface area contributed by atoms with Crippen molar-refractivity contribution in [2.45, 2.75) is 38.4 Å². The van der Waals surface area contributed by atoms with Crippen molar-refractivity contribution >= 4 is 5.91 Å². The SMILES string of the molecule is CCN(CC1CCCO1)C(=O)CC1CNCCO1. The molecule has 0 aliphatic carbocycles. The zero-order valence-corrected chi connectivity index (χ0v) is 11.2. The summed E-state index contributed by atoms with van der Waals surface area (Å²) in [7, 11) is 0. The minimum Gasteiger partial charge on any atom is -0.376 e. The molecule has 2 unspecified atom stereocenters. The maximum absolute atomic E-state index is 12.2. The average molecular weight is 256 g/mol. The van der Waals surface area contributed by atoms with Crippen LogP contribution in [0.1, 0.15) is 26.2 Å². The summed E-state index contributed by atoms with van der Waals surface area (Å²) in [5, 5.41) is 3.25. The van der Waals surface area contributed by atoms with Gasteiger partial charge in [-0.2, -0.15) is 0 Å². The molecule has 2 fully saturated rings. The fourth-order valence-electron chi connectivity index (χ4n) is 2.52. The molecule has 2 atom stereocenters. The summed E-state index contributed by atoms with van der Waals surface area (Å²) in [5.74, 6) is 0.182. The summed E-state index contributed by atoms with van der Waals surface area (Å²) in [6.45, 7) is 6.71. The Balaban J connectivity index is 1.76. The number of ether oxygens (including phenoxy) is 2. The van der Waals surface area contributed by atoms with E-state index in [4.69, 9.17) is 9.47 Å². The van der Waals surface area contributed by atoms with E-state index in [-0.39, 0.29) is 18.1 Å². The van der Waals surface area contributed by atoms with E-state index < -0.39 is 0 Å². The molecular weight excluding hydrogens is 232 g/mol.